The molecule has 2 heterocycles. The Morgan fingerprint density at radius 3 is 2.76 bits per heavy atom. The third-order valence-electron chi connectivity index (χ3n) is 2.75. The Morgan fingerprint density at radius 2 is 2.10 bits per heavy atom. The SMILES string of the molecule is CCCNc1nc(-c2ccnc(C)n2)nc(COC)c1Br. The topological polar surface area (TPSA) is 72.8 Å². The molecule has 0 atom stereocenters. The molecular weight excluding hydrogens is 334 g/mol. The van der Waals surface area contributed by atoms with Gasteiger partial charge in [0.15, 0.2) is 5.82 Å². The van der Waals surface area contributed by atoms with Gasteiger partial charge in [0.25, 0.3) is 0 Å². The average molecular weight is 352 g/mol. The number of anilines is 1. The highest BCUT2D eigenvalue weighted by atomic mass is 79.9. The largest absolute Gasteiger partial charge is 0.378 e. The molecule has 0 spiro atoms. The highest BCUT2D eigenvalue weighted by Crippen LogP contribution is 2.27. The summed E-state index contributed by atoms with van der Waals surface area (Å²) in [7, 11) is 1.64. The van der Waals surface area contributed by atoms with E-state index in [9.17, 15) is 0 Å². The van der Waals surface area contributed by atoms with Crippen molar-refractivity contribution in [1.29, 1.82) is 0 Å². The molecule has 7 heteroatoms. The maximum atomic E-state index is 5.20. The molecule has 2 rings (SSSR count). The smallest absolute Gasteiger partial charge is 0.180 e. The van der Waals surface area contributed by atoms with Gasteiger partial charge in [-0.2, -0.15) is 0 Å². The molecule has 0 fully saturated rings. The van der Waals surface area contributed by atoms with E-state index in [1.165, 1.54) is 0 Å². The van der Waals surface area contributed by atoms with Gasteiger partial charge in [-0.05, 0) is 35.3 Å². The quantitative estimate of drug-likeness (QED) is 0.862. The summed E-state index contributed by atoms with van der Waals surface area (Å²) in [6.45, 7) is 5.19. The monoisotopic (exact) mass is 351 g/mol. The molecule has 0 saturated heterocycles. The van der Waals surface area contributed by atoms with Gasteiger partial charge in [0.05, 0.1) is 16.8 Å². The lowest BCUT2D eigenvalue weighted by Crippen LogP contribution is -2.08. The van der Waals surface area contributed by atoms with Crippen molar-refractivity contribution in [3.63, 3.8) is 0 Å². The minimum Gasteiger partial charge on any atom is -0.378 e. The molecule has 0 aromatic carbocycles. The second kappa shape index (κ2) is 7.42. The van der Waals surface area contributed by atoms with Gasteiger partial charge in [-0.1, -0.05) is 6.92 Å². The molecule has 0 aliphatic rings. The third-order valence-corrected chi connectivity index (χ3v) is 3.58. The van der Waals surface area contributed by atoms with Crippen LogP contribution < -0.4 is 5.32 Å². The molecule has 6 nitrogen and oxygen atoms in total. The number of nitrogens with zero attached hydrogens (tertiary/aromatic N) is 4. The second-order valence-corrected chi connectivity index (χ2v) is 5.30. The minimum absolute atomic E-state index is 0.404. The van der Waals surface area contributed by atoms with Gasteiger partial charge in [-0.3, -0.25) is 0 Å². The maximum absolute atomic E-state index is 5.20. The molecular formula is C14H18BrN5O. The lowest BCUT2D eigenvalue weighted by molar-refractivity contribution is 0.181. The average Bonchev–Trinajstić information content (AvgIpc) is 2.48. The molecule has 0 amide bonds. The normalized spacial score (nSPS) is 10.7. The van der Waals surface area contributed by atoms with E-state index in [1.54, 1.807) is 19.4 Å². The number of aryl methyl sites for hydroxylation is 1. The first kappa shape index (κ1) is 15.8. The van der Waals surface area contributed by atoms with Crippen LogP contribution >= 0.6 is 15.9 Å². The van der Waals surface area contributed by atoms with Gasteiger partial charge in [0, 0.05) is 19.9 Å². The van der Waals surface area contributed by atoms with Crippen LogP contribution in [0.4, 0.5) is 5.82 Å². The molecule has 0 radical (unpaired) electrons. The van der Waals surface area contributed by atoms with E-state index < -0.39 is 0 Å². The molecule has 0 bridgehead atoms. The first-order valence-corrected chi connectivity index (χ1v) is 7.54. The van der Waals surface area contributed by atoms with Crippen molar-refractivity contribution >= 4 is 21.7 Å². The summed E-state index contributed by atoms with van der Waals surface area (Å²) in [4.78, 5) is 17.6. The Bertz CT molecular complexity index is 620. The summed E-state index contributed by atoms with van der Waals surface area (Å²) < 4.78 is 6.03. The van der Waals surface area contributed by atoms with E-state index in [-0.39, 0.29) is 0 Å². The van der Waals surface area contributed by atoms with Gasteiger partial charge in [0.1, 0.15) is 17.3 Å². The number of halogens is 1. The van der Waals surface area contributed by atoms with E-state index in [0.29, 0.717) is 23.9 Å². The fourth-order valence-corrected chi connectivity index (χ4v) is 2.21. The van der Waals surface area contributed by atoms with Gasteiger partial charge < -0.3 is 10.1 Å². The number of aromatic nitrogens is 4. The van der Waals surface area contributed by atoms with E-state index in [1.807, 2.05) is 6.92 Å². The molecule has 2 aromatic rings. The fraction of sp³-hybridized carbons (Fsp3) is 0.429. The Labute approximate surface area is 132 Å². The molecule has 21 heavy (non-hydrogen) atoms. The van der Waals surface area contributed by atoms with Gasteiger partial charge in [-0.15, -0.1) is 0 Å². The standard InChI is InChI=1S/C14H18BrN5O/c1-4-6-17-14-12(15)11(8-21-3)19-13(20-14)10-5-7-16-9(2)18-10/h5,7H,4,6,8H2,1-3H3,(H,17,19,20). The number of hydrogen-bond donors (Lipinski definition) is 1. The van der Waals surface area contributed by atoms with Crippen LogP contribution in [0.1, 0.15) is 24.9 Å². The van der Waals surface area contributed by atoms with Crippen molar-refractivity contribution < 1.29 is 4.74 Å². The summed E-state index contributed by atoms with van der Waals surface area (Å²) in [6, 6.07) is 1.80. The van der Waals surface area contributed by atoms with Crippen LogP contribution in [0.3, 0.4) is 0 Å². The van der Waals surface area contributed by atoms with Crippen LogP contribution in [0.2, 0.25) is 0 Å². The van der Waals surface area contributed by atoms with Crippen molar-refractivity contribution in [3.8, 4) is 11.5 Å². The fourth-order valence-electron chi connectivity index (χ4n) is 1.78. The molecule has 0 saturated carbocycles. The van der Waals surface area contributed by atoms with Crippen molar-refractivity contribution in [2.75, 3.05) is 19.0 Å². The Balaban J connectivity index is 2.47. The Morgan fingerprint density at radius 1 is 1.29 bits per heavy atom. The second-order valence-electron chi connectivity index (χ2n) is 4.51. The zero-order valence-corrected chi connectivity index (χ0v) is 13.9. The molecule has 0 unspecified atom stereocenters. The summed E-state index contributed by atoms with van der Waals surface area (Å²) in [5.74, 6) is 2.01. The van der Waals surface area contributed by atoms with Crippen LogP contribution in [0.5, 0.6) is 0 Å². The van der Waals surface area contributed by atoms with Crippen LogP contribution in [0, 0.1) is 6.92 Å². The highest BCUT2D eigenvalue weighted by molar-refractivity contribution is 9.10. The Hall–Kier alpha value is -1.60. The van der Waals surface area contributed by atoms with E-state index in [2.05, 4.69) is 48.1 Å². The van der Waals surface area contributed by atoms with Crippen LogP contribution in [0.15, 0.2) is 16.7 Å². The van der Waals surface area contributed by atoms with E-state index in [0.717, 1.165) is 29.0 Å². The highest BCUT2D eigenvalue weighted by Gasteiger charge is 2.14. The first-order chi connectivity index (χ1) is 10.2. The van der Waals surface area contributed by atoms with Gasteiger partial charge >= 0.3 is 0 Å². The maximum Gasteiger partial charge on any atom is 0.180 e. The molecule has 0 aliphatic heterocycles. The Kier molecular flexibility index (Phi) is 5.58. The predicted octanol–water partition coefficient (Wildman–Crippen LogP) is 2.97. The predicted molar refractivity (Wildman–Crippen MR) is 85.0 cm³/mol. The van der Waals surface area contributed by atoms with Crippen LogP contribution in [0.25, 0.3) is 11.5 Å². The lowest BCUT2D eigenvalue weighted by Gasteiger charge is -2.12. The van der Waals surface area contributed by atoms with Crippen LogP contribution in [-0.2, 0) is 11.3 Å². The first-order valence-electron chi connectivity index (χ1n) is 6.75. The minimum atomic E-state index is 0.404. The zero-order valence-electron chi connectivity index (χ0n) is 12.4. The van der Waals surface area contributed by atoms with E-state index in [4.69, 9.17) is 4.74 Å². The lowest BCUT2D eigenvalue weighted by atomic mass is 10.3. The van der Waals surface area contributed by atoms with Crippen molar-refractivity contribution in [2.45, 2.75) is 26.9 Å². The molecule has 1 N–H and O–H groups in total. The van der Waals surface area contributed by atoms with Gasteiger partial charge in [-0.25, -0.2) is 19.9 Å². The summed E-state index contributed by atoms with van der Waals surface area (Å²) in [6.07, 6.45) is 2.72. The molecule has 2 aromatic heterocycles. The van der Waals surface area contributed by atoms with E-state index >= 15 is 0 Å². The number of ether oxygens (including phenoxy) is 1. The summed E-state index contributed by atoms with van der Waals surface area (Å²) in [5, 5.41) is 3.29. The van der Waals surface area contributed by atoms with Crippen molar-refractivity contribution in [2.24, 2.45) is 0 Å². The summed E-state index contributed by atoms with van der Waals surface area (Å²) >= 11 is 3.53. The number of rotatable bonds is 6. The molecule has 0 aliphatic carbocycles. The van der Waals surface area contributed by atoms with Crippen LogP contribution in [-0.4, -0.2) is 33.6 Å². The summed E-state index contributed by atoms with van der Waals surface area (Å²) in [5.41, 5.74) is 1.49. The number of methoxy groups -OCH3 is 1. The van der Waals surface area contributed by atoms with Gasteiger partial charge in [0.2, 0.25) is 0 Å². The zero-order chi connectivity index (χ0) is 15.2. The number of hydrogen-bond acceptors (Lipinski definition) is 6. The third kappa shape index (κ3) is 3.95. The van der Waals surface area contributed by atoms with Crippen molar-refractivity contribution in [1.82, 2.24) is 19.9 Å². The molecule has 112 valence electrons. The number of nitrogens with one attached hydrogen (secondary N) is 1. The van der Waals surface area contributed by atoms with Crippen molar-refractivity contribution in [3.05, 3.63) is 28.3 Å².